The minimum Gasteiger partial charge on any atom is -0.444 e. The van der Waals surface area contributed by atoms with Crippen molar-refractivity contribution in [1.29, 1.82) is 0 Å². The molecule has 1 amide bonds. The Morgan fingerprint density at radius 1 is 1.18 bits per heavy atom. The lowest BCUT2D eigenvalue weighted by molar-refractivity contribution is 0.00600. The first-order valence-corrected chi connectivity index (χ1v) is 8.48. The number of likely N-dealkylation sites (tertiary alicyclic amines) is 2. The lowest BCUT2D eigenvalue weighted by atomic mass is 9.82. The van der Waals surface area contributed by atoms with Gasteiger partial charge >= 0.3 is 6.09 Å². The maximum absolute atomic E-state index is 12.5. The van der Waals surface area contributed by atoms with Gasteiger partial charge in [-0.25, -0.2) is 4.79 Å². The second kappa shape index (κ2) is 6.36. The summed E-state index contributed by atoms with van der Waals surface area (Å²) in [5, 5.41) is 9.70. The first-order valence-electron chi connectivity index (χ1n) is 8.48. The summed E-state index contributed by atoms with van der Waals surface area (Å²) in [7, 11) is 0. The van der Waals surface area contributed by atoms with Crippen LogP contribution in [0.4, 0.5) is 4.79 Å². The molecular weight excluding hydrogens is 280 g/mol. The van der Waals surface area contributed by atoms with E-state index in [1.54, 1.807) is 0 Å². The Balaban J connectivity index is 2.00. The summed E-state index contributed by atoms with van der Waals surface area (Å²) in [5.74, 6) is 0. The van der Waals surface area contributed by atoms with Crippen molar-refractivity contribution >= 4 is 6.09 Å². The second-order valence-electron chi connectivity index (χ2n) is 8.50. The third kappa shape index (κ3) is 4.35. The number of aliphatic hydroxyl groups is 1. The Kier molecular flexibility index (Phi) is 5.07. The molecule has 2 atom stereocenters. The summed E-state index contributed by atoms with van der Waals surface area (Å²) in [6.45, 7) is 13.6. The zero-order valence-corrected chi connectivity index (χ0v) is 14.8. The smallest absolute Gasteiger partial charge is 0.410 e. The summed E-state index contributed by atoms with van der Waals surface area (Å²) in [6.07, 6.45) is 2.54. The Morgan fingerprint density at radius 2 is 1.86 bits per heavy atom. The Bertz CT molecular complexity index is 403. The van der Waals surface area contributed by atoms with Gasteiger partial charge in [-0.15, -0.1) is 0 Å². The van der Waals surface area contributed by atoms with Crippen LogP contribution in [0, 0.1) is 5.41 Å². The number of hydrogen-bond acceptors (Lipinski definition) is 4. The minimum atomic E-state index is -0.451. The van der Waals surface area contributed by atoms with Crippen molar-refractivity contribution < 1.29 is 14.6 Å². The predicted molar refractivity (Wildman–Crippen MR) is 86.8 cm³/mol. The summed E-state index contributed by atoms with van der Waals surface area (Å²) in [4.78, 5) is 16.7. The van der Waals surface area contributed by atoms with Crippen molar-refractivity contribution in [3.8, 4) is 0 Å². The van der Waals surface area contributed by atoms with E-state index >= 15 is 0 Å². The molecule has 0 saturated carbocycles. The second-order valence-corrected chi connectivity index (χ2v) is 8.50. The molecule has 0 aliphatic carbocycles. The molecule has 5 heteroatoms. The number of carbonyl (C=O) groups excluding carboxylic acids is 1. The minimum absolute atomic E-state index is 0.00252. The fourth-order valence-electron chi connectivity index (χ4n) is 3.76. The van der Waals surface area contributed by atoms with Gasteiger partial charge in [0.1, 0.15) is 5.60 Å². The van der Waals surface area contributed by atoms with Crippen LogP contribution in [0.5, 0.6) is 0 Å². The molecule has 2 fully saturated rings. The largest absolute Gasteiger partial charge is 0.444 e. The highest BCUT2D eigenvalue weighted by Gasteiger charge is 2.42. The molecule has 0 spiro atoms. The molecule has 2 heterocycles. The van der Waals surface area contributed by atoms with E-state index in [0.717, 1.165) is 45.4 Å². The van der Waals surface area contributed by atoms with Crippen LogP contribution in [0.25, 0.3) is 0 Å². The van der Waals surface area contributed by atoms with E-state index in [4.69, 9.17) is 4.74 Å². The highest BCUT2D eigenvalue weighted by Crippen LogP contribution is 2.35. The molecular formula is C17H32N2O3. The lowest BCUT2D eigenvalue weighted by Gasteiger charge is -2.40. The van der Waals surface area contributed by atoms with Crippen molar-refractivity contribution in [2.24, 2.45) is 5.41 Å². The average molecular weight is 312 g/mol. The number of nitrogens with zero attached hydrogens (tertiary/aromatic N) is 2. The molecule has 128 valence electrons. The number of ether oxygens (including phenoxy) is 1. The van der Waals surface area contributed by atoms with Crippen LogP contribution in [0.2, 0.25) is 0 Å². The topological polar surface area (TPSA) is 53.0 Å². The molecule has 5 nitrogen and oxygen atoms in total. The van der Waals surface area contributed by atoms with Gasteiger partial charge in [0.2, 0.25) is 0 Å². The van der Waals surface area contributed by atoms with Crippen LogP contribution in [0.15, 0.2) is 0 Å². The first-order chi connectivity index (χ1) is 10.1. The quantitative estimate of drug-likeness (QED) is 0.870. The van der Waals surface area contributed by atoms with E-state index in [0.29, 0.717) is 0 Å². The molecule has 2 saturated heterocycles. The number of rotatable bonds is 3. The molecule has 2 aliphatic heterocycles. The zero-order valence-electron chi connectivity index (χ0n) is 14.8. The predicted octanol–water partition coefficient (Wildman–Crippen LogP) is 2.48. The van der Waals surface area contributed by atoms with Gasteiger partial charge in [0.05, 0.1) is 6.10 Å². The molecule has 1 N–H and O–H groups in total. The summed E-state index contributed by atoms with van der Waals surface area (Å²) in [6, 6.07) is 0.208. The van der Waals surface area contributed by atoms with E-state index in [-0.39, 0.29) is 23.7 Å². The summed E-state index contributed by atoms with van der Waals surface area (Å²) in [5.41, 5.74) is -0.453. The maximum atomic E-state index is 12.5. The molecule has 2 rings (SSSR count). The van der Waals surface area contributed by atoms with Crippen molar-refractivity contribution in [2.45, 2.75) is 71.6 Å². The van der Waals surface area contributed by atoms with Crippen molar-refractivity contribution in [3.63, 3.8) is 0 Å². The molecule has 2 aliphatic rings. The van der Waals surface area contributed by atoms with Gasteiger partial charge < -0.3 is 19.6 Å². The third-order valence-corrected chi connectivity index (χ3v) is 4.66. The van der Waals surface area contributed by atoms with Crippen molar-refractivity contribution in [2.75, 3.05) is 26.2 Å². The standard InChI is InChI=1S/C17H32N2O3/c1-16(2,3)22-15(21)19-9-6-7-14(19)17(4,5)12-18-10-8-13(20)11-18/h13-14,20H,6-12H2,1-5H3/t13-,14?/m1/s1. The lowest BCUT2D eigenvalue weighted by Crippen LogP contribution is -2.50. The van der Waals surface area contributed by atoms with Crippen molar-refractivity contribution in [3.05, 3.63) is 0 Å². The van der Waals surface area contributed by atoms with Crippen LogP contribution in [-0.4, -0.2) is 64.9 Å². The van der Waals surface area contributed by atoms with Gasteiger partial charge in [-0.1, -0.05) is 13.8 Å². The van der Waals surface area contributed by atoms with Crippen LogP contribution < -0.4 is 0 Å². The molecule has 1 unspecified atom stereocenters. The molecule has 0 aromatic rings. The zero-order chi connectivity index (χ0) is 16.5. The molecule has 0 aromatic carbocycles. The van der Waals surface area contributed by atoms with E-state index in [9.17, 15) is 9.90 Å². The third-order valence-electron chi connectivity index (χ3n) is 4.66. The Hall–Kier alpha value is -0.810. The van der Waals surface area contributed by atoms with Crippen LogP contribution in [0.3, 0.4) is 0 Å². The van der Waals surface area contributed by atoms with Crippen LogP contribution in [0.1, 0.15) is 53.9 Å². The maximum Gasteiger partial charge on any atom is 0.410 e. The summed E-state index contributed by atoms with van der Waals surface area (Å²) >= 11 is 0. The highest BCUT2D eigenvalue weighted by molar-refractivity contribution is 5.69. The number of amides is 1. The Labute approximate surface area is 134 Å². The Morgan fingerprint density at radius 3 is 2.41 bits per heavy atom. The first kappa shape index (κ1) is 17.5. The fourth-order valence-corrected chi connectivity index (χ4v) is 3.76. The summed E-state index contributed by atoms with van der Waals surface area (Å²) < 4.78 is 5.57. The molecule has 22 heavy (non-hydrogen) atoms. The molecule has 0 bridgehead atoms. The monoisotopic (exact) mass is 312 g/mol. The van der Waals surface area contributed by atoms with Crippen LogP contribution in [-0.2, 0) is 4.74 Å². The van der Waals surface area contributed by atoms with Gasteiger partial charge in [-0.2, -0.15) is 0 Å². The SMILES string of the molecule is CC(C)(C)OC(=O)N1CCCC1C(C)(C)CN1CC[C@@H](O)C1. The van der Waals surface area contributed by atoms with Gasteiger partial charge in [-0.05, 0) is 45.4 Å². The van der Waals surface area contributed by atoms with E-state index in [1.807, 2.05) is 25.7 Å². The number of hydrogen-bond donors (Lipinski definition) is 1. The van der Waals surface area contributed by atoms with E-state index < -0.39 is 5.60 Å². The highest BCUT2D eigenvalue weighted by atomic mass is 16.6. The molecule has 0 radical (unpaired) electrons. The normalized spacial score (nSPS) is 27.5. The average Bonchev–Trinajstić information content (AvgIpc) is 2.95. The molecule has 0 aromatic heterocycles. The number of β-amino-alcohol motifs (C(OH)–C–C–N with tert-alkyl or cyclic N) is 1. The van der Waals surface area contributed by atoms with E-state index in [2.05, 4.69) is 18.7 Å². The van der Waals surface area contributed by atoms with Gasteiger partial charge in [0.15, 0.2) is 0 Å². The van der Waals surface area contributed by atoms with Gasteiger partial charge in [0, 0.05) is 32.2 Å². The van der Waals surface area contributed by atoms with Crippen LogP contribution >= 0.6 is 0 Å². The van der Waals surface area contributed by atoms with E-state index in [1.165, 1.54) is 0 Å². The van der Waals surface area contributed by atoms with Crippen molar-refractivity contribution in [1.82, 2.24) is 9.80 Å². The fraction of sp³-hybridized carbons (Fsp3) is 0.941. The number of aliphatic hydroxyl groups excluding tert-OH is 1. The van der Waals surface area contributed by atoms with Gasteiger partial charge in [-0.3, -0.25) is 0 Å². The van der Waals surface area contributed by atoms with Gasteiger partial charge in [0.25, 0.3) is 0 Å². The number of carbonyl (C=O) groups is 1.